The fourth-order valence-electron chi connectivity index (χ4n) is 1.14. The van der Waals surface area contributed by atoms with E-state index in [1.807, 2.05) is 0 Å². The lowest BCUT2D eigenvalue weighted by Crippen LogP contribution is -2.12. The normalized spacial score (nSPS) is 9.81. The van der Waals surface area contributed by atoms with Gasteiger partial charge in [0.15, 0.2) is 0 Å². The number of nitrogens with zero attached hydrogens (tertiary/aromatic N) is 2. The highest BCUT2D eigenvalue weighted by atomic mass is 35.5. The zero-order valence-electron chi connectivity index (χ0n) is 8.22. The summed E-state index contributed by atoms with van der Waals surface area (Å²) in [4.78, 5) is 19.5. The average molecular weight is 234 g/mol. The molecule has 1 N–H and O–H groups in total. The number of carbonyl (C=O) groups excluding carboxylic acids is 1. The van der Waals surface area contributed by atoms with Gasteiger partial charge >= 0.3 is 0 Å². The third-order valence-electron chi connectivity index (χ3n) is 1.90. The minimum absolute atomic E-state index is 0.261. The van der Waals surface area contributed by atoms with Crippen molar-refractivity contribution in [2.45, 2.75) is 0 Å². The Kier molecular flexibility index (Phi) is 3.12. The molecule has 2 aromatic heterocycles. The van der Waals surface area contributed by atoms with Gasteiger partial charge in [0, 0.05) is 12.4 Å². The second-order valence-electron chi connectivity index (χ2n) is 3.04. The smallest absolute Gasteiger partial charge is 0.258 e. The van der Waals surface area contributed by atoms with Crippen LogP contribution in [0.2, 0.25) is 5.15 Å². The lowest BCUT2D eigenvalue weighted by atomic mass is 10.3. The molecule has 5 heteroatoms. The van der Waals surface area contributed by atoms with Crippen LogP contribution in [0.1, 0.15) is 10.4 Å². The highest BCUT2D eigenvalue weighted by Gasteiger charge is 2.06. The fraction of sp³-hybridized carbons (Fsp3) is 0. The summed E-state index contributed by atoms with van der Waals surface area (Å²) in [6.07, 6.45) is 3.02. The van der Waals surface area contributed by atoms with E-state index in [-0.39, 0.29) is 5.91 Å². The lowest BCUT2D eigenvalue weighted by molar-refractivity contribution is 0.102. The SMILES string of the molecule is O=C(Nc1ccccn1)c1ccc(Cl)nc1. The Morgan fingerprint density at radius 2 is 2.06 bits per heavy atom. The van der Waals surface area contributed by atoms with Crippen molar-refractivity contribution in [2.75, 3.05) is 5.32 Å². The molecule has 2 aromatic rings. The molecule has 0 spiro atoms. The second kappa shape index (κ2) is 4.72. The third-order valence-corrected chi connectivity index (χ3v) is 2.12. The van der Waals surface area contributed by atoms with Crippen molar-refractivity contribution >= 4 is 23.3 Å². The first-order valence-corrected chi connectivity index (χ1v) is 4.97. The predicted octanol–water partition coefficient (Wildman–Crippen LogP) is 2.38. The zero-order chi connectivity index (χ0) is 11.4. The standard InChI is InChI=1S/C11H8ClN3O/c12-9-5-4-8(7-14-9)11(16)15-10-3-1-2-6-13-10/h1-7H,(H,13,15,16). The molecule has 80 valence electrons. The number of amides is 1. The molecular formula is C11H8ClN3O. The van der Waals surface area contributed by atoms with Crippen LogP contribution in [0.3, 0.4) is 0 Å². The number of anilines is 1. The summed E-state index contributed by atoms with van der Waals surface area (Å²) in [5, 5.41) is 3.00. The van der Waals surface area contributed by atoms with E-state index >= 15 is 0 Å². The lowest BCUT2D eigenvalue weighted by Gasteiger charge is -2.03. The van der Waals surface area contributed by atoms with E-state index in [4.69, 9.17) is 11.6 Å². The molecule has 16 heavy (non-hydrogen) atoms. The first kappa shape index (κ1) is 10.6. The van der Waals surface area contributed by atoms with E-state index in [0.717, 1.165) is 0 Å². The Bertz CT molecular complexity index is 484. The number of rotatable bonds is 2. The van der Waals surface area contributed by atoms with Crippen molar-refractivity contribution < 1.29 is 4.79 Å². The molecule has 1 amide bonds. The van der Waals surface area contributed by atoms with Crippen molar-refractivity contribution in [1.29, 1.82) is 0 Å². The van der Waals surface area contributed by atoms with Gasteiger partial charge in [-0.15, -0.1) is 0 Å². The first-order chi connectivity index (χ1) is 7.75. The molecule has 0 atom stereocenters. The highest BCUT2D eigenvalue weighted by Crippen LogP contribution is 2.07. The molecule has 0 aliphatic rings. The Hall–Kier alpha value is -1.94. The zero-order valence-corrected chi connectivity index (χ0v) is 8.98. The van der Waals surface area contributed by atoms with Crippen LogP contribution >= 0.6 is 11.6 Å². The summed E-state index contributed by atoms with van der Waals surface area (Å²) in [6.45, 7) is 0. The van der Waals surface area contributed by atoms with Crippen LogP contribution < -0.4 is 5.32 Å². The molecule has 4 nitrogen and oxygen atoms in total. The summed E-state index contributed by atoms with van der Waals surface area (Å²) in [5.41, 5.74) is 0.440. The first-order valence-electron chi connectivity index (χ1n) is 4.59. The summed E-state index contributed by atoms with van der Waals surface area (Å²) in [5.74, 6) is 0.241. The van der Waals surface area contributed by atoms with Gasteiger partial charge in [-0.05, 0) is 24.3 Å². The van der Waals surface area contributed by atoms with Gasteiger partial charge in [0.2, 0.25) is 0 Å². The third kappa shape index (κ3) is 2.55. The van der Waals surface area contributed by atoms with Gasteiger partial charge < -0.3 is 5.32 Å². The highest BCUT2D eigenvalue weighted by molar-refractivity contribution is 6.29. The molecule has 0 bridgehead atoms. The largest absolute Gasteiger partial charge is 0.307 e. The maximum absolute atomic E-state index is 11.7. The number of halogens is 1. The molecular weight excluding hydrogens is 226 g/mol. The van der Waals surface area contributed by atoms with Gasteiger partial charge in [-0.1, -0.05) is 17.7 Å². The minimum Gasteiger partial charge on any atom is -0.307 e. The van der Waals surface area contributed by atoms with Crippen LogP contribution in [0.25, 0.3) is 0 Å². The number of carbonyl (C=O) groups is 1. The fourth-order valence-corrected chi connectivity index (χ4v) is 1.25. The number of hydrogen-bond acceptors (Lipinski definition) is 3. The van der Waals surface area contributed by atoms with E-state index < -0.39 is 0 Å². The van der Waals surface area contributed by atoms with Crippen molar-refractivity contribution in [2.24, 2.45) is 0 Å². The van der Waals surface area contributed by atoms with E-state index in [2.05, 4.69) is 15.3 Å². The summed E-state index contributed by atoms with van der Waals surface area (Å²) >= 11 is 5.62. The summed E-state index contributed by atoms with van der Waals surface area (Å²) < 4.78 is 0. The van der Waals surface area contributed by atoms with Crippen LogP contribution in [0.4, 0.5) is 5.82 Å². The molecule has 0 radical (unpaired) electrons. The maximum Gasteiger partial charge on any atom is 0.258 e. The molecule has 0 saturated carbocycles. The quantitative estimate of drug-likeness (QED) is 0.811. The van der Waals surface area contributed by atoms with Gasteiger partial charge in [-0.25, -0.2) is 9.97 Å². The summed E-state index contributed by atoms with van der Waals surface area (Å²) in [6, 6.07) is 8.45. The van der Waals surface area contributed by atoms with Crippen LogP contribution in [0.15, 0.2) is 42.7 Å². The van der Waals surface area contributed by atoms with E-state index in [1.54, 1.807) is 36.5 Å². The van der Waals surface area contributed by atoms with E-state index in [0.29, 0.717) is 16.5 Å². The van der Waals surface area contributed by atoms with Crippen LogP contribution in [-0.2, 0) is 0 Å². The molecule has 0 aliphatic carbocycles. The van der Waals surface area contributed by atoms with Crippen LogP contribution in [0.5, 0.6) is 0 Å². The molecule has 0 unspecified atom stereocenters. The van der Waals surface area contributed by atoms with Crippen molar-refractivity contribution in [3.63, 3.8) is 0 Å². The molecule has 2 rings (SSSR count). The number of aromatic nitrogens is 2. The topological polar surface area (TPSA) is 54.9 Å². The number of pyridine rings is 2. The molecule has 0 aromatic carbocycles. The Labute approximate surface area is 97.3 Å². The molecule has 2 heterocycles. The minimum atomic E-state index is -0.261. The molecule has 0 saturated heterocycles. The monoisotopic (exact) mass is 233 g/mol. The van der Waals surface area contributed by atoms with Crippen molar-refractivity contribution in [3.8, 4) is 0 Å². The average Bonchev–Trinajstić information content (AvgIpc) is 2.31. The van der Waals surface area contributed by atoms with Gasteiger partial charge in [-0.2, -0.15) is 0 Å². The van der Waals surface area contributed by atoms with Gasteiger partial charge in [0.05, 0.1) is 5.56 Å². The van der Waals surface area contributed by atoms with Gasteiger partial charge in [0.1, 0.15) is 11.0 Å². The Morgan fingerprint density at radius 3 is 2.69 bits per heavy atom. The molecule has 0 aliphatic heterocycles. The van der Waals surface area contributed by atoms with Crippen molar-refractivity contribution in [3.05, 3.63) is 53.4 Å². The maximum atomic E-state index is 11.7. The Balaban J connectivity index is 2.12. The van der Waals surface area contributed by atoms with Crippen LogP contribution in [0, 0.1) is 0 Å². The van der Waals surface area contributed by atoms with E-state index in [1.165, 1.54) is 6.20 Å². The van der Waals surface area contributed by atoms with E-state index in [9.17, 15) is 4.79 Å². The Morgan fingerprint density at radius 1 is 1.19 bits per heavy atom. The molecule has 0 fully saturated rings. The van der Waals surface area contributed by atoms with Crippen LogP contribution in [-0.4, -0.2) is 15.9 Å². The number of hydrogen-bond donors (Lipinski definition) is 1. The predicted molar refractivity (Wildman–Crippen MR) is 61.4 cm³/mol. The number of nitrogens with one attached hydrogen (secondary N) is 1. The van der Waals surface area contributed by atoms with Crippen molar-refractivity contribution in [1.82, 2.24) is 9.97 Å². The second-order valence-corrected chi connectivity index (χ2v) is 3.43. The summed E-state index contributed by atoms with van der Waals surface area (Å²) in [7, 11) is 0. The van der Waals surface area contributed by atoms with Gasteiger partial charge in [-0.3, -0.25) is 4.79 Å². The van der Waals surface area contributed by atoms with Gasteiger partial charge in [0.25, 0.3) is 5.91 Å².